The molecule has 1 saturated heterocycles. The van der Waals surface area contributed by atoms with Crippen LogP contribution in [-0.2, 0) is 9.53 Å². The lowest BCUT2D eigenvalue weighted by Crippen LogP contribution is -2.40. The first-order valence-corrected chi connectivity index (χ1v) is 9.92. The Morgan fingerprint density at radius 3 is 2.48 bits per heavy atom. The molecule has 1 aliphatic heterocycles. The van der Waals surface area contributed by atoms with Gasteiger partial charge >= 0.3 is 6.09 Å². The Bertz CT molecular complexity index is 621. The third-order valence-corrected chi connectivity index (χ3v) is 4.75. The van der Waals surface area contributed by atoms with E-state index in [9.17, 15) is 9.59 Å². The van der Waals surface area contributed by atoms with Crippen LogP contribution in [0.15, 0.2) is 24.3 Å². The molecule has 1 atom stereocenters. The Hall–Kier alpha value is -1.79. The minimum absolute atomic E-state index is 0.0201. The molecule has 1 fully saturated rings. The van der Waals surface area contributed by atoms with Crippen LogP contribution in [-0.4, -0.2) is 61.1 Å². The van der Waals surface area contributed by atoms with Crippen LogP contribution in [0.1, 0.15) is 38.8 Å². The molecule has 1 heterocycles. The largest absolute Gasteiger partial charge is 0.449 e. The first kappa shape index (κ1) is 21.5. The third-order valence-electron chi connectivity index (χ3n) is 4.50. The summed E-state index contributed by atoms with van der Waals surface area (Å²) in [5.41, 5.74) is 1.02. The van der Waals surface area contributed by atoms with Crippen molar-refractivity contribution in [3.63, 3.8) is 0 Å². The second kappa shape index (κ2) is 10.5. The quantitative estimate of drug-likeness (QED) is 0.802. The van der Waals surface area contributed by atoms with Gasteiger partial charge in [0.25, 0.3) is 0 Å². The molecule has 27 heavy (non-hydrogen) atoms. The van der Waals surface area contributed by atoms with E-state index in [4.69, 9.17) is 16.3 Å². The molecular weight excluding hydrogens is 366 g/mol. The monoisotopic (exact) mass is 395 g/mol. The molecule has 1 N–H and O–H groups in total. The van der Waals surface area contributed by atoms with Crippen LogP contribution in [0.4, 0.5) is 4.79 Å². The average molecular weight is 396 g/mol. The molecule has 0 spiro atoms. The molecule has 0 radical (unpaired) electrons. The summed E-state index contributed by atoms with van der Waals surface area (Å²) in [5, 5.41) is 3.70. The van der Waals surface area contributed by atoms with Crippen LogP contribution in [0.25, 0.3) is 0 Å². The number of carbonyl (C=O) groups is 2. The van der Waals surface area contributed by atoms with Gasteiger partial charge in [0, 0.05) is 31.2 Å². The number of rotatable bonds is 6. The van der Waals surface area contributed by atoms with E-state index in [0.717, 1.165) is 18.5 Å². The molecule has 1 aromatic rings. The SMILES string of the molecule is CC(C)COC(=O)N1CCCN(CC(=O)NC(C)c2ccc(Cl)cc2)CC1. The summed E-state index contributed by atoms with van der Waals surface area (Å²) in [6, 6.07) is 7.40. The molecular formula is C20H30ClN3O3. The van der Waals surface area contributed by atoms with Crippen molar-refractivity contribution < 1.29 is 14.3 Å². The Labute approximate surface area is 166 Å². The van der Waals surface area contributed by atoms with Gasteiger partial charge in [-0.3, -0.25) is 9.69 Å². The van der Waals surface area contributed by atoms with Crippen molar-refractivity contribution in [3.8, 4) is 0 Å². The van der Waals surface area contributed by atoms with E-state index in [0.29, 0.717) is 43.7 Å². The van der Waals surface area contributed by atoms with Crippen molar-refractivity contribution in [3.05, 3.63) is 34.9 Å². The third kappa shape index (κ3) is 7.39. The Kier molecular flexibility index (Phi) is 8.38. The Morgan fingerprint density at radius 1 is 1.11 bits per heavy atom. The molecule has 0 aliphatic carbocycles. The summed E-state index contributed by atoms with van der Waals surface area (Å²) in [7, 11) is 0. The lowest BCUT2D eigenvalue weighted by molar-refractivity contribution is -0.122. The van der Waals surface area contributed by atoms with Gasteiger partial charge in [-0.05, 0) is 37.0 Å². The van der Waals surface area contributed by atoms with E-state index in [1.54, 1.807) is 4.90 Å². The van der Waals surface area contributed by atoms with Gasteiger partial charge in [-0.2, -0.15) is 0 Å². The smallest absolute Gasteiger partial charge is 0.409 e. The molecule has 0 bridgehead atoms. The molecule has 6 nitrogen and oxygen atoms in total. The fourth-order valence-electron chi connectivity index (χ4n) is 2.97. The zero-order valence-electron chi connectivity index (χ0n) is 16.4. The number of carbonyl (C=O) groups excluding carboxylic acids is 2. The van der Waals surface area contributed by atoms with Crippen molar-refractivity contribution in [2.45, 2.75) is 33.2 Å². The van der Waals surface area contributed by atoms with Gasteiger partial charge in [0.05, 0.1) is 19.2 Å². The standard InChI is InChI=1S/C20H30ClN3O3/c1-15(2)14-27-20(26)24-10-4-9-23(11-12-24)13-19(25)22-16(3)17-5-7-18(21)8-6-17/h5-8,15-16H,4,9-14H2,1-3H3,(H,22,25). The topological polar surface area (TPSA) is 61.9 Å². The minimum atomic E-state index is -0.258. The number of hydrogen-bond acceptors (Lipinski definition) is 4. The van der Waals surface area contributed by atoms with Gasteiger partial charge in [-0.1, -0.05) is 37.6 Å². The average Bonchev–Trinajstić information content (AvgIpc) is 2.85. The molecule has 1 aromatic carbocycles. The summed E-state index contributed by atoms with van der Waals surface area (Å²) >= 11 is 5.90. The van der Waals surface area contributed by atoms with Gasteiger partial charge in [0.15, 0.2) is 0 Å². The van der Waals surface area contributed by atoms with E-state index in [1.165, 1.54) is 0 Å². The maximum absolute atomic E-state index is 12.4. The fraction of sp³-hybridized carbons (Fsp3) is 0.600. The Balaban J connectivity index is 1.77. The highest BCUT2D eigenvalue weighted by atomic mass is 35.5. The van der Waals surface area contributed by atoms with E-state index >= 15 is 0 Å². The molecule has 1 aliphatic rings. The number of hydrogen-bond donors (Lipinski definition) is 1. The van der Waals surface area contributed by atoms with Crippen LogP contribution in [0.3, 0.4) is 0 Å². The van der Waals surface area contributed by atoms with Crippen LogP contribution in [0.2, 0.25) is 5.02 Å². The van der Waals surface area contributed by atoms with Crippen LogP contribution in [0, 0.1) is 5.92 Å². The summed E-state index contributed by atoms with van der Waals surface area (Å²) in [4.78, 5) is 28.3. The highest BCUT2D eigenvalue weighted by Crippen LogP contribution is 2.16. The van der Waals surface area contributed by atoms with Gasteiger partial charge in [-0.25, -0.2) is 4.79 Å². The normalized spacial score (nSPS) is 16.7. The molecule has 0 aromatic heterocycles. The highest BCUT2D eigenvalue weighted by Gasteiger charge is 2.22. The van der Waals surface area contributed by atoms with Gasteiger partial charge in [0.2, 0.25) is 5.91 Å². The van der Waals surface area contributed by atoms with Crippen molar-refractivity contribution in [1.29, 1.82) is 0 Å². The number of halogens is 1. The Morgan fingerprint density at radius 2 is 1.81 bits per heavy atom. The number of benzene rings is 1. The van der Waals surface area contributed by atoms with Crippen LogP contribution < -0.4 is 5.32 Å². The number of nitrogens with one attached hydrogen (secondary N) is 1. The number of amides is 2. The van der Waals surface area contributed by atoms with E-state index in [-0.39, 0.29) is 18.0 Å². The summed E-state index contributed by atoms with van der Waals surface area (Å²) in [6.45, 7) is 9.44. The van der Waals surface area contributed by atoms with Crippen molar-refractivity contribution in [2.24, 2.45) is 5.92 Å². The maximum atomic E-state index is 12.4. The minimum Gasteiger partial charge on any atom is -0.449 e. The van der Waals surface area contributed by atoms with E-state index in [1.807, 2.05) is 45.0 Å². The predicted molar refractivity (Wildman–Crippen MR) is 107 cm³/mol. The van der Waals surface area contributed by atoms with Crippen molar-refractivity contribution in [2.75, 3.05) is 39.3 Å². The van der Waals surface area contributed by atoms with Crippen molar-refractivity contribution in [1.82, 2.24) is 15.1 Å². The number of ether oxygens (including phenoxy) is 1. The van der Waals surface area contributed by atoms with E-state index < -0.39 is 0 Å². The summed E-state index contributed by atoms with van der Waals surface area (Å²) in [6.07, 6.45) is 0.572. The highest BCUT2D eigenvalue weighted by molar-refractivity contribution is 6.30. The lowest BCUT2D eigenvalue weighted by atomic mass is 10.1. The molecule has 2 rings (SSSR count). The van der Waals surface area contributed by atoms with E-state index in [2.05, 4.69) is 10.2 Å². The van der Waals surface area contributed by atoms with Crippen LogP contribution >= 0.6 is 11.6 Å². The van der Waals surface area contributed by atoms with Gasteiger partial charge in [0.1, 0.15) is 0 Å². The predicted octanol–water partition coefficient (Wildman–Crippen LogP) is 3.32. The first-order valence-electron chi connectivity index (χ1n) is 9.54. The van der Waals surface area contributed by atoms with Crippen LogP contribution in [0.5, 0.6) is 0 Å². The molecule has 0 saturated carbocycles. The van der Waals surface area contributed by atoms with Crippen molar-refractivity contribution >= 4 is 23.6 Å². The zero-order chi connectivity index (χ0) is 19.8. The summed E-state index contributed by atoms with van der Waals surface area (Å²) in [5.74, 6) is 0.303. The number of nitrogens with zero attached hydrogens (tertiary/aromatic N) is 2. The molecule has 7 heteroatoms. The van der Waals surface area contributed by atoms with Gasteiger partial charge in [-0.15, -0.1) is 0 Å². The van der Waals surface area contributed by atoms with Gasteiger partial charge < -0.3 is 15.0 Å². The maximum Gasteiger partial charge on any atom is 0.409 e. The summed E-state index contributed by atoms with van der Waals surface area (Å²) < 4.78 is 5.30. The second-order valence-corrected chi connectivity index (χ2v) is 7.86. The lowest BCUT2D eigenvalue weighted by Gasteiger charge is -2.22. The molecule has 2 amide bonds. The molecule has 1 unspecified atom stereocenters. The molecule has 150 valence electrons. The zero-order valence-corrected chi connectivity index (χ0v) is 17.2. The fourth-order valence-corrected chi connectivity index (χ4v) is 3.09. The first-order chi connectivity index (χ1) is 12.8. The second-order valence-electron chi connectivity index (χ2n) is 7.43.